The minimum atomic E-state index is -4.42. The van der Waals surface area contributed by atoms with Gasteiger partial charge < -0.3 is 15.5 Å². The number of likely N-dealkylation sites (N-methyl/N-ethyl adjacent to an activating group) is 1. The van der Waals surface area contributed by atoms with Crippen molar-refractivity contribution in [1.29, 1.82) is 0 Å². The maximum Gasteiger partial charge on any atom is 0.416 e. The number of rotatable bonds is 6. The molecule has 1 aliphatic heterocycles. The van der Waals surface area contributed by atoms with Crippen LogP contribution >= 0.6 is 0 Å². The fourth-order valence-corrected chi connectivity index (χ4v) is 2.67. The van der Waals surface area contributed by atoms with Gasteiger partial charge in [0.15, 0.2) is 0 Å². The van der Waals surface area contributed by atoms with Crippen LogP contribution in [0.2, 0.25) is 0 Å². The number of halogens is 3. The molecule has 1 aliphatic rings. The number of hydrogen-bond acceptors (Lipinski definition) is 3. The van der Waals surface area contributed by atoms with Gasteiger partial charge in [-0.25, -0.2) is 0 Å². The highest BCUT2D eigenvalue weighted by Crippen LogP contribution is 2.30. The molecule has 25 heavy (non-hydrogen) atoms. The lowest BCUT2D eigenvalue weighted by Gasteiger charge is -2.18. The Kier molecular flexibility index (Phi) is 6.05. The third-order valence-electron chi connectivity index (χ3n) is 4.29. The van der Waals surface area contributed by atoms with Crippen LogP contribution in [0.3, 0.4) is 0 Å². The summed E-state index contributed by atoms with van der Waals surface area (Å²) in [5.41, 5.74) is -0.347. The van der Waals surface area contributed by atoms with Crippen LogP contribution in [0, 0.1) is 5.92 Å². The molecule has 0 aliphatic carbocycles. The maximum atomic E-state index is 12.8. The summed E-state index contributed by atoms with van der Waals surface area (Å²) in [4.78, 5) is 25.6. The summed E-state index contributed by atoms with van der Waals surface area (Å²) < 4.78 is 38.3. The molecule has 0 saturated carbocycles. The van der Waals surface area contributed by atoms with Crippen LogP contribution in [0.1, 0.15) is 24.5 Å². The molecule has 1 heterocycles. The standard InChI is InChI=1S/C17H22F3N3O2/c1-11(21-2)8-22-16(25)13-7-15(24)23(10-13)9-12-4-3-5-14(6-12)17(18,19)20/h3-6,11,13,21H,7-10H2,1-2H3,(H,22,25). The van der Waals surface area contributed by atoms with E-state index in [1.807, 2.05) is 6.92 Å². The van der Waals surface area contributed by atoms with Crippen molar-refractivity contribution in [3.63, 3.8) is 0 Å². The largest absolute Gasteiger partial charge is 0.416 e. The third-order valence-corrected chi connectivity index (χ3v) is 4.29. The Bertz CT molecular complexity index is 634. The summed E-state index contributed by atoms with van der Waals surface area (Å²) in [6.07, 6.45) is -4.34. The molecule has 1 aromatic rings. The summed E-state index contributed by atoms with van der Waals surface area (Å²) >= 11 is 0. The van der Waals surface area contributed by atoms with E-state index in [2.05, 4.69) is 10.6 Å². The zero-order chi connectivity index (χ0) is 18.6. The number of hydrogen-bond donors (Lipinski definition) is 2. The summed E-state index contributed by atoms with van der Waals surface area (Å²) in [6.45, 7) is 2.65. The number of benzene rings is 1. The van der Waals surface area contributed by atoms with Crippen molar-refractivity contribution >= 4 is 11.8 Å². The maximum absolute atomic E-state index is 12.8. The van der Waals surface area contributed by atoms with Gasteiger partial charge in [0.05, 0.1) is 11.5 Å². The van der Waals surface area contributed by atoms with E-state index in [-0.39, 0.29) is 37.4 Å². The zero-order valence-electron chi connectivity index (χ0n) is 14.2. The highest BCUT2D eigenvalue weighted by Gasteiger charge is 2.35. The summed E-state index contributed by atoms with van der Waals surface area (Å²) in [5, 5.41) is 5.77. The van der Waals surface area contributed by atoms with Gasteiger partial charge in [-0.1, -0.05) is 12.1 Å². The van der Waals surface area contributed by atoms with Gasteiger partial charge in [-0.15, -0.1) is 0 Å². The van der Waals surface area contributed by atoms with Crippen molar-refractivity contribution < 1.29 is 22.8 Å². The second-order valence-corrected chi connectivity index (χ2v) is 6.31. The Labute approximate surface area is 144 Å². The van der Waals surface area contributed by atoms with Crippen molar-refractivity contribution in [2.45, 2.75) is 32.1 Å². The van der Waals surface area contributed by atoms with E-state index >= 15 is 0 Å². The molecule has 5 nitrogen and oxygen atoms in total. The minimum Gasteiger partial charge on any atom is -0.354 e. The first-order chi connectivity index (χ1) is 11.7. The molecule has 2 rings (SSSR count). The third kappa shape index (κ3) is 5.19. The SMILES string of the molecule is CNC(C)CNC(=O)C1CC(=O)N(Cc2cccc(C(F)(F)F)c2)C1. The van der Waals surface area contributed by atoms with Gasteiger partial charge in [0.2, 0.25) is 11.8 Å². The number of likely N-dealkylation sites (tertiary alicyclic amines) is 1. The van der Waals surface area contributed by atoms with Gasteiger partial charge in [0.1, 0.15) is 0 Å². The quantitative estimate of drug-likeness (QED) is 0.816. The molecule has 1 fully saturated rings. The Morgan fingerprint density at radius 3 is 2.76 bits per heavy atom. The first-order valence-electron chi connectivity index (χ1n) is 8.09. The molecule has 0 radical (unpaired) electrons. The number of alkyl halides is 3. The fourth-order valence-electron chi connectivity index (χ4n) is 2.67. The van der Waals surface area contributed by atoms with Gasteiger partial charge in [-0.05, 0) is 31.7 Å². The first kappa shape index (κ1) is 19.2. The lowest BCUT2D eigenvalue weighted by Crippen LogP contribution is -2.40. The Morgan fingerprint density at radius 1 is 1.40 bits per heavy atom. The van der Waals surface area contributed by atoms with Crippen LogP contribution in [-0.2, 0) is 22.3 Å². The lowest BCUT2D eigenvalue weighted by atomic mass is 10.1. The van der Waals surface area contributed by atoms with Crippen LogP contribution in [0.15, 0.2) is 24.3 Å². The van der Waals surface area contributed by atoms with Gasteiger partial charge in [0.25, 0.3) is 0 Å². The van der Waals surface area contributed by atoms with Crippen LogP contribution in [0.4, 0.5) is 13.2 Å². The van der Waals surface area contributed by atoms with Gasteiger partial charge in [-0.3, -0.25) is 9.59 Å². The van der Waals surface area contributed by atoms with Crippen molar-refractivity contribution in [1.82, 2.24) is 15.5 Å². The summed E-state index contributed by atoms with van der Waals surface area (Å²) in [5.74, 6) is -0.899. The molecule has 2 N–H and O–H groups in total. The molecular formula is C17H22F3N3O2. The molecule has 2 amide bonds. The number of nitrogens with zero attached hydrogens (tertiary/aromatic N) is 1. The highest BCUT2D eigenvalue weighted by atomic mass is 19.4. The van der Waals surface area contributed by atoms with E-state index < -0.39 is 17.7 Å². The van der Waals surface area contributed by atoms with E-state index in [0.29, 0.717) is 12.1 Å². The zero-order valence-corrected chi connectivity index (χ0v) is 14.2. The lowest BCUT2D eigenvalue weighted by molar-refractivity contribution is -0.137. The molecule has 138 valence electrons. The molecule has 2 atom stereocenters. The molecule has 0 spiro atoms. The van der Waals surface area contributed by atoms with Crippen molar-refractivity contribution in [3.8, 4) is 0 Å². The molecule has 1 saturated heterocycles. The van der Waals surface area contributed by atoms with Crippen LogP contribution in [0.5, 0.6) is 0 Å². The molecule has 0 aromatic heterocycles. The monoisotopic (exact) mass is 357 g/mol. The highest BCUT2D eigenvalue weighted by molar-refractivity contribution is 5.89. The second kappa shape index (κ2) is 7.86. The molecule has 0 bridgehead atoms. The van der Waals surface area contributed by atoms with Gasteiger partial charge >= 0.3 is 6.18 Å². The first-order valence-corrected chi connectivity index (χ1v) is 8.09. The van der Waals surface area contributed by atoms with Gasteiger partial charge in [-0.2, -0.15) is 13.2 Å². The molecule has 1 aromatic carbocycles. The topological polar surface area (TPSA) is 61.4 Å². The number of carbonyl (C=O) groups is 2. The van der Waals surface area contributed by atoms with Crippen molar-refractivity contribution in [2.75, 3.05) is 20.1 Å². The number of carbonyl (C=O) groups excluding carboxylic acids is 2. The van der Waals surface area contributed by atoms with Gasteiger partial charge in [0, 0.05) is 32.1 Å². The van der Waals surface area contributed by atoms with Crippen LogP contribution in [0.25, 0.3) is 0 Å². The van der Waals surface area contributed by atoms with E-state index in [1.54, 1.807) is 13.1 Å². The van der Waals surface area contributed by atoms with E-state index in [4.69, 9.17) is 0 Å². The summed E-state index contributed by atoms with van der Waals surface area (Å²) in [6, 6.07) is 5.01. The number of amides is 2. The molecule has 8 heteroatoms. The fraction of sp³-hybridized carbons (Fsp3) is 0.529. The Balaban J connectivity index is 1.96. The van der Waals surface area contributed by atoms with Crippen LogP contribution in [-0.4, -0.2) is 42.9 Å². The average molecular weight is 357 g/mol. The van der Waals surface area contributed by atoms with E-state index in [1.165, 1.54) is 11.0 Å². The Hall–Kier alpha value is -2.09. The second-order valence-electron chi connectivity index (χ2n) is 6.31. The predicted molar refractivity (Wildman–Crippen MR) is 86.5 cm³/mol. The molecular weight excluding hydrogens is 335 g/mol. The van der Waals surface area contributed by atoms with E-state index in [0.717, 1.165) is 12.1 Å². The summed E-state index contributed by atoms with van der Waals surface area (Å²) in [7, 11) is 1.78. The minimum absolute atomic E-state index is 0.0689. The smallest absolute Gasteiger partial charge is 0.354 e. The van der Waals surface area contributed by atoms with E-state index in [9.17, 15) is 22.8 Å². The molecule has 2 unspecified atom stereocenters. The number of nitrogens with one attached hydrogen (secondary N) is 2. The Morgan fingerprint density at radius 2 is 2.12 bits per heavy atom. The normalized spacial score (nSPS) is 19.2. The van der Waals surface area contributed by atoms with Crippen molar-refractivity contribution in [2.24, 2.45) is 5.92 Å². The van der Waals surface area contributed by atoms with Crippen molar-refractivity contribution in [3.05, 3.63) is 35.4 Å². The average Bonchev–Trinajstić information content (AvgIpc) is 2.92. The predicted octanol–water partition coefficient (Wildman–Crippen LogP) is 1.78. The van der Waals surface area contributed by atoms with Crippen LogP contribution < -0.4 is 10.6 Å².